The van der Waals surface area contributed by atoms with E-state index in [2.05, 4.69) is 0 Å². The largest absolute Gasteiger partial charge is 0.366 e. The van der Waals surface area contributed by atoms with Gasteiger partial charge in [0.2, 0.25) is 5.91 Å². The number of benzene rings is 1. The lowest BCUT2D eigenvalue weighted by molar-refractivity contribution is 0.100. The fraction of sp³-hybridized carbons (Fsp3) is 0.182. The highest BCUT2D eigenvalue weighted by molar-refractivity contribution is 6.17. The molecule has 0 aromatic heterocycles. The van der Waals surface area contributed by atoms with E-state index in [9.17, 15) is 4.79 Å². The lowest BCUT2D eigenvalue weighted by atomic mass is 10.1. The SMILES string of the molecule is NC(=O)c1ccc(C=CCCCl)cc1. The van der Waals surface area contributed by atoms with Gasteiger partial charge in [-0.3, -0.25) is 4.79 Å². The monoisotopic (exact) mass is 209 g/mol. The first kappa shape index (κ1) is 10.8. The van der Waals surface area contributed by atoms with Gasteiger partial charge in [-0.1, -0.05) is 24.3 Å². The van der Waals surface area contributed by atoms with Crippen LogP contribution in [0.1, 0.15) is 22.3 Å². The molecule has 0 aliphatic carbocycles. The molecule has 1 rings (SSSR count). The standard InChI is InChI=1S/C11H12ClNO/c12-8-2-1-3-9-4-6-10(7-5-9)11(13)14/h1,3-7H,2,8H2,(H2,13,14). The molecule has 14 heavy (non-hydrogen) atoms. The van der Waals surface area contributed by atoms with Crippen LogP contribution in [0.2, 0.25) is 0 Å². The summed E-state index contributed by atoms with van der Waals surface area (Å²) in [5.74, 6) is 0.219. The molecule has 0 radical (unpaired) electrons. The predicted molar refractivity (Wildman–Crippen MR) is 59.3 cm³/mol. The number of nitrogens with two attached hydrogens (primary N) is 1. The summed E-state index contributed by atoms with van der Waals surface area (Å²) in [7, 11) is 0. The Morgan fingerprint density at radius 2 is 2.00 bits per heavy atom. The molecule has 1 amide bonds. The predicted octanol–water partition coefficient (Wildman–Crippen LogP) is 2.43. The van der Waals surface area contributed by atoms with Gasteiger partial charge in [0.25, 0.3) is 0 Å². The Bertz CT molecular complexity index is 330. The minimum atomic E-state index is -0.402. The Morgan fingerprint density at radius 3 is 2.50 bits per heavy atom. The second-order valence-corrected chi connectivity index (χ2v) is 3.24. The number of halogens is 1. The summed E-state index contributed by atoms with van der Waals surface area (Å²) in [5.41, 5.74) is 6.68. The van der Waals surface area contributed by atoms with E-state index in [1.165, 1.54) is 0 Å². The minimum Gasteiger partial charge on any atom is -0.366 e. The van der Waals surface area contributed by atoms with E-state index < -0.39 is 5.91 Å². The van der Waals surface area contributed by atoms with Gasteiger partial charge in [0.15, 0.2) is 0 Å². The molecule has 0 bridgehead atoms. The number of rotatable bonds is 4. The number of alkyl halides is 1. The highest BCUT2D eigenvalue weighted by Gasteiger charge is 1.97. The average Bonchev–Trinajstić information content (AvgIpc) is 2.19. The zero-order chi connectivity index (χ0) is 10.4. The van der Waals surface area contributed by atoms with Crippen molar-refractivity contribution in [1.82, 2.24) is 0 Å². The fourth-order valence-electron chi connectivity index (χ4n) is 1.04. The van der Waals surface area contributed by atoms with Gasteiger partial charge in [0.1, 0.15) is 0 Å². The van der Waals surface area contributed by atoms with E-state index in [-0.39, 0.29) is 0 Å². The maximum absolute atomic E-state index is 10.8. The van der Waals surface area contributed by atoms with E-state index in [0.717, 1.165) is 12.0 Å². The molecule has 0 aliphatic rings. The van der Waals surface area contributed by atoms with Crippen molar-refractivity contribution in [3.8, 4) is 0 Å². The molecule has 1 aromatic carbocycles. The molecule has 0 spiro atoms. The van der Waals surface area contributed by atoms with E-state index in [4.69, 9.17) is 17.3 Å². The second kappa shape index (κ2) is 5.45. The summed E-state index contributed by atoms with van der Waals surface area (Å²) >= 11 is 5.52. The van der Waals surface area contributed by atoms with Crippen molar-refractivity contribution in [3.05, 3.63) is 41.5 Å². The Kier molecular flexibility index (Phi) is 4.20. The Hall–Kier alpha value is -1.28. The van der Waals surface area contributed by atoms with Crippen molar-refractivity contribution < 1.29 is 4.79 Å². The Labute approximate surface area is 88.4 Å². The highest BCUT2D eigenvalue weighted by atomic mass is 35.5. The van der Waals surface area contributed by atoms with Crippen molar-refractivity contribution in [2.75, 3.05) is 5.88 Å². The summed E-state index contributed by atoms with van der Waals surface area (Å²) in [6, 6.07) is 7.13. The number of hydrogen-bond acceptors (Lipinski definition) is 1. The Balaban J connectivity index is 2.68. The van der Waals surface area contributed by atoms with Gasteiger partial charge in [-0.05, 0) is 24.1 Å². The van der Waals surface area contributed by atoms with Crippen LogP contribution >= 0.6 is 11.6 Å². The average molecular weight is 210 g/mol. The van der Waals surface area contributed by atoms with Crippen LogP contribution in [0.15, 0.2) is 30.3 Å². The molecule has 2 N–H and O–H groups in total. The molecule has 0 saturated heterocycles. The molecule has 0 saturated carbocycles. The zero-order valence-electron chi connectivity index (χ0n) is 7.74. The summed E-state index contributed by atoms with van der Waals surface area (Å²) in [6.45, 7) is 0. The van der Waals surface area contributed by atoms with Crippen LogP contribution in [0.5, 0.6) is 0 Å². The first-order chi connectivity index (χ1) is 6.74. The molecule has 1 aromatic rings. The summed E-state index contributed by atoms with van der Waals surface area (Å²) in [4.78, 5) is 10.8. The van der Waals surface area contributed by atoms with Crippen molar-refractivity contribution >= 4 is 23.6 Å². The van der Waals surface area contributed by atoms with E-state index in [0.29, 0.717) is 11.4 Å². The van der Waals surface area contributed by atoms with Crippen LogP contribution in [0.25, 0.3) is 6.08 Å². The van der Waals surface area contributed by atoms with Gasteiger partial charge >= 0.3 is 0 Å². The van der Waals surface area contributed by atoms with Crippen LogP contribution in [0.4, 0.5) is 0 Å². The first-order valence-corrected chi connectivity index (χ1v) is 4.90. The van der Waals surface area contributed by atoms with Crippen LogP contribution in [-0.2, 0) is 0 Å². The molecule has 3 heteroatoms. The first-order valence-electron chi connectivity index (χ1n) is 4.36. The number of hydrogen-bond donors (Lipinski definition) is 1. The van der Waals surface area contributed by atoms with Crippen LogP contribution in [-0.4, -0.2) is 11.8 Å². The maximum atomic E-state index is 10.8. The third-order valence-electron chi connectivity index (χ3n) is 1.78. The van der Waals surface area contributed by atoms with E-state index in [1.54, 1.807) is 12.1 Å². The minimum absolute atomic E-state index is 0.402. The van der Waals surface area contributed by atoms with Crippen LogP contribution < -0.4 is 5.73 Å². The summed E-state index contributed by atoms with van der Waals surface area (Å²) < 4.78 is 0. The van der Waals surface area contributed by atoms with Gasteiger partial charge in [0.05, 0.1) is 0 Å². The van der Waals surface area contributed by atoms with E-state index >= 15 is 0 Å². The lowest BCUT2D eigenvalue weighted by Gasteiger charge is -1.96. The third-order valence-corrected chi connectivity index (χ3v) is 2.00. The number of amides is 1. The molecule has 2 nitrogen and oxygen atoms in total. The van der Waals surface area contributed by atoms with Gasteiger partial charge in [-0.15, -0.1) is 11.6 Å². The van der Waals surface area contributed by atoms with Crippen LogP contribution in [0, 0.1) is 0 Å². The van der Waals surface area contributed by atoms with Gasteiger partial charge in [-0.2, -0.15) is 0 Å². The fourth-order valence-corrected chi connectivity index (χ4v) is 1.17. The highest BCUT2D eigenvalue weighted by Crippen LogP contribution is 2.06. The van der Waals surface area contributed by atoms with E-state index in [1.807, 2.05) is 24.3 Å². The molecule has 0 unspecified atom stereocenters. The normalized spacial score (nSPS) is 10.6. The smallest absolute Gasteiger partial charge is 0.248 e. The molecule has 0 atom stereocenters. The second-order valence-electron chi connectivity index (χ2n) is 2.87. The van der Waals surface area contributed by atoms with Gasteiger partial charge in [0, 0.05) is 11.4 Å². The Morgan fingerprint density at radius 1 is 1.36 bits per heavy atom. The number of carbonyl (C=O) groups is 1. The van der Waals surface area contributed by atoms with Crippen molar-refractivity contribution in [2.24, 2.45) is 5.73 Å². The molecule has 74 valence electrons. The number of carbonyl (C=O) groups excluding carboxylic acids is 1. The molecular formula is C11H12ClNO. The molecule has 0 fully saturated rings. The number of primary amides is 1. The topological polar surface area (TPSA) is 43.1 Å². The zero-order valence-corrected chi connectivity index (χ0v) is 8.50. The molecule has 0 aliphatic heterocycles. The lowest BCUT2D eigenvalue weighted by Crippen LogP contribution is -2.10. The van der Waals surface area contributed by atoms with Crippen molar-refractivity contribution in [2.45, 2.75) is 6.42 Å². The van der Waals surface area contributed by atoms with Gasteiger partial charge in [-0.25, -0.2) is 0 Å². The van der Waals surface area contributed by atoms with Crippen molar-refractivity contribution in [3.63, 3.8) is 0 Å². The quantitative estimate of drug-likeness (QED) is 0.761. The molecular weight excluding hydrogens is 198 g/mol. The maximum Gasteiger partial charge on any atom is 0.248 e. The third kappa shape index (κ3) is 3.23. The van der Waals surface area contributed by atoms with Crippen molar-refractivity contribution in [1.29, 1.82) is 0 Å². The number of allylic oxidation sites excluding steroid dienone is 1. The summed E-state index contributed by atoms with van der Waals surface area (Å²) in [6.07, 6.45) is 4.80. The summed E-state index contributed by atoms with van der Waals surface area (Å²) in [5, 5.41) is 0. The van der Waals surface area contributed by atoms with Crippen LogP contribution in [0.3, 0.4) is 0 Å². The molecule has 0 heterocycles. The van der Waals surface area contributed by atoms with Gasteiger partial charge < -0.3 is 5.73 Å².